The third kappa shape index (κ3) is 4.42. The quantitative estimate of drug-likeness (QED) is 0.876. The third-order valence-corrected chi connectivity index (χ3v) is 4.61. The standard InChI is InChI=1S/C15H21NO3S/c17-9-6-15(7-10-20-11-8-15)16-14(18)19-12-13-4-2-1-3-5-13/h1-5,17H,6-12H2,(H,16,18). The number of rotatable bonds is 5. The minimum absolute atomic E-state index is 0.0869. The Morgan fingerprint density at radius 2 is 2.00 bits per heavy atom. The van der Waals surface area contributed by atoms with E-state index in [1.807, 2.05) is 42.1 Å². The molecule has 1 aliphatic rings. The van der Waals surface area contributed by atoms with Crippen molar-refractivity contribution in [1.82, 2.24) is 5.32 Å². The van der Waals surface area contributed by atoms with Crippen LogP contribution in [-0.4, -0.2) is 34.9 Å². The fourth-order valence-corrected chi connectivity index (χ4v) is 3.66. The molecule has 1 aliphatic heterocycles. The van der Waals surface area contributed by atoms with Gasteiger partial charge in [-0.1, -0.05) is 30.3 Å². The van der Waals surface area contributed by atoms with E-state index < -0.39 is 6.09 Å². The van der Waals surface area contributed by atoms with E-state index in [0.29, 0.717) is 6.42 Å². The Balaban J connectivity index is 1.85. The second-order valence-electron chi connectivity index (χ2n) is 5.05. The maximum absolute atomic E-state index is 11.9. The summed E-state index contributed by atoms with van der Waals surface area (Å²) in [6.07, 6.45) is 1.97. The lowest BCUT2D eigenvalue weighted by molar-refractivity contribution is 0.116. The van der Waals surface area contributed by atoms with E-state index in [1.54, 1.807) is 0 Å². The zero-order valence-corrected chi connectivity index (χ0v) is 12.3. The normalized spacial score (nSPS) is 17.4. The predicted molar refractivity (Wildman–Crippen MR) is 80.8 cm³/mol. The maximum atomic E-state index is 11.9. The Hall–Kier alpha value is -1.20. The lowest BCUT2D eigenvalue weighted by atomic mass is 9.89. The van der Waals surface area contributed by atoms with Gasteiger partial charge >= 0.3 is 6.09 Å². The van der Waals surface area contributed by atoms with Gasteiger partial charge in [-0.25, -0.2) is 4.79 Å². The van der Waals surface area contributed by atoms with Gasteiger partial charge in [0.15, 0.2) is 0 Å². The number of alkyl carbamates (subject to hydrolysis) is 1. The molecular weight excluding hydrogens is 274 g/mol. The smallest absolute Gasteiger partial charge is 0.407 e. The molecule has 20 heavy (non-hydrogen) atoms. The lowest BCUT2D eigenvalue weighted by Gasteiger charge is -2.37. The molecular formula is C15H21NO3S. The number of carbonyl (C=O) groups is 1. The molecule has 1 saturated heterocycles. The van der Waals surface area contributed by atoms with Crippen molar-refractivity contribution in [2.75, 3.05) is 18.1 Å². The second-order valence-corrected chi connectivity index (χ2v) is 6.28. The second kappa shape index (κ2) is 7.55. The van der Waals surface area contributed by atoms with Gasteiger partial charge < -0.3 is 15.2 Å². The van der Waals surface area contributed by atoms with E-state index in [2.05, 4.69) is 5.32 Å². The monoisotopic (exact) mass is 295 g/mol. The van der Waals surface area contributed by atoms with Gasteiger partial charge in [0.1, 0.15) is 6.61 Å². The van der Waals surface area contributed by atoms with Gasteiger partial charge in [0.2, 0.25) is 0 Å². The third-order valence-electron chi connectivity index (χ3n) is 3.62. The molecule has 0 radical (unpaired) electrons. The molecule has 1 aromatic rings. The average Bonchev–Trinajstić information content (AvgIpc) is 2.47. The van der Waals surface area contributed by atoms with Crippen molar-refractivity contribution in [2.45, 2.75) is 31.4 Å². The highest BCUT2D eigenvalue weighted by Gasteiger charge is 2.33. The predicted octanol–water partition coefficient (Wildman–Crippen LogP) is 2.56. The van der Waals surface area contributed by atoms with Crippen LogP contribution in [0, 0.1) is 0 Å². The summed E-state index contributed by atoms with van der Waals surface area (Å²) < 4.78 is 5.26. The van der Waals surface area contributed by atoms with Gasteiger partial charge in [0, 0.05) is 12.1 Å². The first kappa shape index (κ1) is 15.2. The van der Waals surface area contributed by atoms with Crippen LogP contribution >= 0.6 is 11.8 Å². The Bertz CT molecular complexity index is 413. The number of nitrogens with one attached hydrogen (secondary N) is 1. The topological polar surface area (TPSA) is 58.6 Å². The number of carbonyl (C=O) groups excluding carboxylic acids is 1. The first-order valence-corrected chi connectivity index (χ1v) is 8.07. The maximum Gasteiger partial charge on any atom is 0.407 e. The van der Waals surface area contributed by atoms with Crippen LogP contribution in [0.15, 0.2) is 30.3 Å². The molecule has 2 N–H and O–H groups in total. The van der Waals surface area contributed by atoms with E-state index in [-0.39, 0.29) is 18.8 Å². The Morgan fingerprint density at radius 3 is 2.65 bits per heavy atom. The summed E-state index contributed by atoms with van der Waals surface area (Å²) in [5.41, 5.74) is 0.673. The minimum Gasteiger partial charge on any atom is -0.445 e. The molecule has 0 atom stereocenters. The molecule has 0 unspecified atom stereocenters. The molecule has 1 amide bonds. The zero-order chi connectivity index (χ0) is 14.3. The van der Waals surface area contributed by atoms with Crippen molar-refractivity contribution in [2.24, 2.45) is 0 Å². The summed E-state index contributed by atoms with van der Waals surface area (Å²) in [5, 5.41) is 12.2. The minimum atomic E-state index is -0.394. The molecule has 110 valence electrons. The van der Waals surface area contributed by atoms with Crippen LogP contribution in [0.3, 0.4) is 0 Å². The highest BCUT2D eigenvalue weighted by molar-refractivity contribution is 7.99. The van der Waals surface area contributed by atoms with Crippen LogP contribution in [-0.2, 0) is 11.3 Å². The van der Waals surface area contributed by atoms with Crippen LogP contribution in [0.4, 0.5) is 4.79 Å². The summed E-state index contributed by atoms with van der Waals surface area (Å²) in [5.74, 6) is 2.03. The number of amides is 1. The van der Waals surface area contributed by atoms with Crippen molar-refractivity contribution < 1.29 is 14.6 Å². The van der Waals surface area contributed by atoms with Gasteiger partial charge in [-0.3, -0.25) is 0 Å². The summed E-state index contributed by atoms with van der Waals surface area (Å²) in [7, 11) is 0. The number of aliphatic hydroxyl groups excluding tert-OH is 1. The molecule has 0 aliphatic carbocycles. The van der Waals surface area contributed by atoms with Crippen LogP contribution in [0.5, 0.6) is 0 Å². The number of hydrogen-bond acceptors (Lipinski definition) is 4. The Labute approximate surface area is 123 Å². The van der Waals surface area contributed by atoms with E-state index >= 15 is 0 Å². The molecule has 4 nitrogen and oxygen atoms in total. The van der Waals surface area contributed by atoms with Gasteiger partial charge in [-0.05, 0) is 36.3 Å². The summed E-state index contributed by atoms with van der Waals surface area (Å²) in [6, 6.07) is 9.62. The average molecular weight is 295 g/mol. The number of ether oxygens (including phenoxy) is 1. The highest BCUT2D eigenvalue weighted by Crippen LogP contribution is 2.29. The lowest BCUT2D eigenvalue weighted by Crippen LogP contribution is -2.51. The van der Waals surface area contributed by atoms with Crippen molar-refractivity contribution in [3.8, 4) is 0 Å². The van der Waals surface area contributed by atoms with E-state index in [1.165, 1.54) is 0 Å². The summed E-state index contributed by atoms with van der Waals surface area (Å²) >= 11 is 1.89. The van der Waals surface area contributed by atoms with Crippen LogP contribution < -0.4 is 5.32 Å². The van der Waals surface area contributed by atoms with E-state index in [0.717, 1.165) is 29.9 Å². The summed E-state index contributed by atoms with van der Waals surface area (Å²) in [4.78, 5) is 11.9. The SMILES string of the molecule is O=C(NC1(CCO)CCSCC1)OCc1ccccc1. The molecule has 2 rings (SSSR count). The van der Waals surface area contributed by atoms with Gasteiger partial charge in [-0.15, -0.1) is 0 Å². The molecule has 0 saturated carbocycles. The van der Waals surface area contributed by atoms with Gasteiger partial charge in [-0.2, -0.15) is 11.8 Å². The molecule has 1 aromatic carbocycles. The number of hydrogen-bond donors (Lipinski definition) is 2. The first-order valence-electron chi connectivity index (χ1n) is 6.92. The Kier molecular flexibility index (Phi) is 5.73. The molecule has 5 heteroatoms. The van der Waals surface area contributed by atoms with Crippen molar-refractivity contribution in [3.05, 3.63) is 35.9 Å². The Morgan fingerprint density at radius 1 is 1.30 bits per heavy atom. The van der Waals surface area contributed by atoms with E-state index in [4.69, 9.17) is 4.74 Å². The van der Waals surface area contributed by atoms with Crippen molar-refractivity contribution >= 4 is 17.9 Å². The van der Waals surface area contributed by atoms with Gasteiger partial charge in [0.25, 0.3) is 0 Å². The number of aliphatic hydroxyl groups is 1. The fraction of sp³-hybridized carbons (Fsp3) is 0.533. The van der Waals surface area contributed by atoms with Crippen LogP contribution in [0.2, 0.25) is 0 Å². The largest absolute Gasteiger partial charge is 0.445 e. The summed E-state index contributed by atoms with van der Waals surface area (Å²) in [6.45, 7) is 0.361. The molecule has 0 spiro atoms. The van der Waals surface area contributed by atoms with Crippen LogP contribution in [0.1, 0.15) is 24.8 Å². The van der Waals surface area contributed by atoms with Crippen molar-refractivity contribution in [1.29, 1.82) is 0 Å². The molecule has 0 bridgehead atoms. The molecule has 1 heterocycles. The van der Waals surface area contributed by atoms with Crippen molar-refractivity contribution in [3.63, 3.8) is 0 Å². The number of thioether (sulfide) groups is 1. The van der Waals surface area contributed by atoms with Crippen LogP contribution in [0.25, 0.3) is 0 Å². The molecule has 1 fully saturated rings. The highest BCUT2D eigenvalue weighted by atomic mass is 32.2. The van der Waals surface area contributed by atoms with E-state index in [9.17, 15) is 9.90 Å². The number of benzene rings is 1. The van der Waals surface area contributed by atoms with Gasteiger partial charge in [0.05, 0.1) is 0 Å². The zero-order valence-electron chi connectivity index (χ0n) is 11.5. The molecule has 0 aromatic heterocycles. The fourth-order valence-electron chi connectivity index (χ4n) is 2.39. The first-order chi connectivity index (χ1) is 9.74.